The predicted molar refractivity (Wildman–Crippen MR) is 128 cm³/mol. The third kappa shape index (κ3) is 4.65. The van der Waals surface area contributed by atoms with Crippen molar-refractivity contribution >= 4 is 28.6 Å². The Balaban J connectivity index is 1.57. The number of nitrogens with zero attached hydrogens (tertiary/aromatic N) is 3. The molecule has 3 heterocycles. The first-order valence-electron chi connectivity index (χ1n) is 10.5. The number of pyridine rings is 1. The van der Waals surface area contributed by atoms with Crippen molar-refractivity contribution in [3.05, 3.63) is 82.7 Å². The highest BCUT2D eigenvalue weighted by atomic mass is 32.1. The van der Waals surface area contributed by atoms with Gasteiger partial charge in [-0.15, -0.1) is 11.3 Å². The molecule has 0 atom stereocenters. The quantitative estimate of drug-likeness (QED) is 0.464. The number of nitrogens with one attached hydrogen (secondary N) is 1. The summed E-state index contributed by atoms with van der Waals surface area (Å²) in [6.07, 6.45) is 2.57. The minimum atomic E-state index is -0.151. The third-order valence-corrected chi connectivity index (χ3v) is 6.17. The fourth-order valence-electron chi connectivity index (χ4n) is 3.67. The smallest absolute Gasteiger partial charge is 0.262 e. The minimum absolute atomic E-state index is 0.0401. The number of ether oxygens (including phenoxy) is 2. The van der Waals surface area contributed by atoms with E-state index in [9.17, 15) is 4.79 Å². The van der Waals surface area contributed by atoms with Gasteiger partial charge in [-0.25, -0.2) is 4.99 Å². The zero-order valence-electron chi connectivity index (χ0n) is 18.0. The lowest BCUT2D eigenvalue weighted by molar-refractivity contribution is -0.118. The third-order valence-electron chi connectivity index (χ3n) is 5.30. The fraction of sp³-hybridized carbons (Fsp3) is 0.160. The zero-order valence-corrected chi connectivity index (χ0v) is 18.8. The maximum atomic E-state index is 11.8. The number of methoxy groups -OCH3 is 1. The van der Waals surface area contributed by atoms with Gasteiger partial charge in [-0.1, -0.05) is 12.1 Å². The van der Waals surface area contributed by atoms with Gasteiger partial charge in [0.05, 0.1) is 24.2 Å². The monoisotopic (exact) mass is 458 g/mol. The first-order chi connectivity index (χ1) is 16.2. The summed E-state index contributed by atoms with van der Waals surface area (Å²) in [6.45, 7) is 0.747. The molecule has 7 nitrogen and oxygen atoms in total. The Kier molecular flexibility index (Phi) is 5.91. The van der Waals surface area contributed by atoms with E-state index in [1.807, 2.05) is 66.9 Å². The molecule has 0 unspecified atom stereocenters. The zero-order chi connectivity index (χ0) is 22.6. The number of thiazole rings is 1. The van der Waals surface area contributed by atoms with Crippen molar-refractivity contribution in [2.75, 3.05) is 19.0 Å². The number of carbonyl (C=O) groups excluding carboxylic acids is 1. The van der Waals surface area contributed by atoms with Crippen LogP contribution in [0, 0.1) is 0 Å². The van der Waals surface area contributed by atoms with E-state index in [0.29, 0.717) is 18.0 Å². The van der Waals surface area contributed by atoms with Crippen LogP contribution < -0.4 is 19.6 Å². The van der Waals surface area contributed by atoms with Gasteiger partial charge in [0.1, 0.15) is 11.5 Å². The molecule has 0 aliphatic carbocycles. The first kappa shape index (κ1) is 21.0. The largest absolute Gasteiger partial charge is 0.497 e. The molecule has 0 fully saturated rings. The molecule has 5 rings (SSSR count). The number of carbonyl (C=O) groups is 1. The number of rotatable bonds is 6. The predicted octanol–water partition coefficient (Wildman–Crippen LogP) is 4.43. The van der Waals surface area contributed by atoms with Crippen LogP contribution in [0.5, 0.6) is 11.5 Å². The molecule has 0 saturated heterocycles. The molecule has 0 radical (unpaired) electrons. The highest BCUT2D eigenvalue weighted by Gasteiger charge is 2.18. The Bertz CT molecular complexity index is 1360. The summed E-state index contributed by atoms with van der Waals surface area (Å²) in [5.74, 6) is 1.29. The van der Waals surface area contributed by atoms with Crippen molar-refractivity contribution in [2.45, 2.75) is 13.0 Å². The van der Waals surface area contributed by atoms with E-state index in [1.54, 1.807) is 18.4 Å². The molecular formula is C25H22N4O3S. The van der Waals surface area contributed by atoms with E-state index in [4.69, 9.17) is 14.5 Å². The topological polar surface area (TPSA) is 77.7 Å². The summed E-state index contributed by atoms with van der Waals surface area (Å²) in [5.41, 5.74) is 4.50. The number of anilines is 1. The second kappa shape index (κ2) is 9.30. The lowest BCUT2D eigenvalue weighted by Gasteiger charge is -2.19. The molecule has 8 heteroatoms. The van der Waals surface area contributed by atoms with Crippen LogP contribution in [0.1, 0.15) is 5.69 Å². The summed E-state index contributed by atoms with van der Waals surface area (Å²) in [7, 11) is 1.65. The van der Waals surface area contributed by atoms with Crippen molar-refractivity contribution in [1.82, 2.24) is 9.55 Å². The average molecular weight is 459 g/mol. The fourth-order valence-corrected chi connectivity index (χ4v) is 4.63. The maximum Gasteiger partial charge on any atom is 0.262 e. The summed E-state index contributed by atoms with van der Waals surface area (Å²) in [6, 6.07) is 19.5. The highest BCUT2D eigenvalue weighted by Crippen LogP contribution is 2.33. The molecular weight excluding hydrogens is 436 g/mol. The Morgan fingerprint density at radius 2 is 2.12 bits per heavy atom. The van der Waals surface area contributed by atoms with Crippen LogP contribution in [0.3, 0.4) is 0 Å². The number of aromatic nitrogens is 2. The van der Waals surface area contributed by atoms with Gasteiger partial charge >= 0.3 is 0 Å². The Hall–Kier alpha value is -3.91. The number of hydrogen-bond donors (Lipinski definition) is 1. The number of aryl methyl sites for hydroxylation is 1. The number of fused-ring (bicyclic) bond motifs is 1. The van der Waals surface area contributed by atoms with Crippen LogP contribution in [0.25, 0.3) is 11.3 Å². The van der Waals surface area contributed by atoms with Crippen molar-refractivity contribution in [1.29, 1.82) is 0 Å². The van der Waals surface area contributed by atoms with Gasteiger partial charge in [0.2, 0.25) is 0 Å². The summed E-state index contributed by atoms with van der Waals surface area (Å²) < 4.78 is 13.0. The summed E-state index contributed by atoms with van der Waals surface area (Å²) in [4.78, 5) is 22.0. The van der Waals surface area contributed by atoms with E-state index in [1.165, 1.54) is 0 Å². The Morgan fingerprint density at radius 3 is 2.97 bits per heavy atom. The van der Waals surface area contributed by atoms with Crippen molar-refractivity contribution in [3.8, 4) is 22.8 Å². The molecule has 2 aromatic heterocycles. The SMILES string of the molecule is COc1cccc(N=c2scc(-c3ccc4c(c3)NC(=O)CO4)n2CCc2ccccn2)c1. The van der Waals surface area contributed by atoms with Crippen LogP contribution >= 0.6 is 11.3 Å². The number of hydrogen-bond acceptors (Lipinski definition) is 6. The van der Waals surface area contributed by atoms with Crippen LogP contribution in [0.4, 0.5) is 11.4 Å². The van der Waals surface area contributed by atoms with Gasteiger partial charge in [-0.2, -0.15) is 0 Å². The standard InChI is InChI=1S/C25H22N4O3S/c1-31-20-7-4-6-19(14-20)27-25-29(12-10-18-5-2-3-11-26-18)22(16-33-25)17-8-9-23-21(13-17)28-24(30)15-32-23/h2-9,11,13-14,16H,10,12,15H2,1H3,(H,28,30). The normalized spacial score (nSPS) is 13.2. The highest BCUT2D eigenvalue weighted by molar-refractivity contribution is 7.07. The van der Waals surface area contributed by atoms with Gasteiger partial charge in [0.25, 0.3) is 5.91 Å². The van der Waals surface area contributed by atoms with Gasteiger partial charge in [-0.05, 0) is 42.5 Å². The van der Waals surface area contributed by atoms with Crippen LogP contribution in [-0.4, -0.2) is 29.2 Å². The van der Waals surface area contributed by atoms with Gasteiger partial charge in [-0.3, -0.25) is 9.78 Å². The maximum absolute atomic E-state index is 11.8. The molecule has 0 spiro atoms. The van der Waals surface area contributed by atoms with Crippen LogP contribution in [0.2, 0.25) is 0 Å². The Morgan fingerprint density at radius 1 is 1.18 bits per heavy atom. The van der Waals surface area contributed by atoms with Crippen LogP contribution in [-0.2, 0) is 17.8 Å². The lowest BCUT2D eigenvalue weighted by Crippen LogP contribution is -2.25. The van der Waals surface area contributed by atoms with Crippen molar-refractivity contribution < 1.29 is 14.3 Å². The van der Waals surface area contributed by atoms with Gasteiger partial charge < -0.3 is 19.4 Å². The van der Waals surface area contributed by atoms with Gasteiger partial charge in [0, 0.05) is 41.9 Å². The van der Waals surface area contributed by atoms with E-state index >= 15 is 0 Å². The second-order valence-corrected chi connectivity index (χ2v) is 8.32. The lowest BCUT2D eigenvalue weighted by atomic mass is 10.1. The molecule has 0 saturated carbocycles. The summed E-state index contributed by atoms with van der Waals surface area (Å²) >= 11 is 1.57. The molecule has 1 aliphatic heterocycles. The molecule has 166 valence electrons. The van der Waals surface area contributed by atoms with Gasteiger partial charge in [0.15, 0.2) is 11.4 Å². The average Bonchev–Trinajstić information content (AvgIpc) is 3.25. The molecule has 33 heavy (non-hydrogen) atoms. The number of benzene rings is 2. The molecule has 0 bridgehead atoms. The molecule has 1 aliphatic rings. The van der Waals surface area contributed by atoms with E-state index in [0.717, 1.165) is 39.6 Å². The summed E-state index contributed by atoms with van der Waals surface area (Å²) in [5, 5.41) is 4.98. The van der Waals surface area contributed by atoms with E-state index < -0.39 is 0 Å². The number of amides is 1. The van der Waals surface area contributed by atoms with E-state index in [2.05, 4.69) is 20.2 Å². The van der Waals surface area contributed by atoms with E-state index in [-0.39, 0.29) is 12.5 Å². The Labute approximate surface area is 195 Å². The minimum Gasteiger partial charge on any atom is -0.497 e. The van der Waals surface area contributed by atoms with Crippen molar-refractivity contribution in [3.63, 3.8) is 0 Å². The van der Waals surface area contributed by atoms with Crippen LogP contribution in [0.15, 0.2) is 77.2 Å². The first-order valence-corrected chi connectivity index (χ1v) is 11.4. The molecule has 4 aromatic rings. The second-order valence-electron chi connectivity index (χ2n) is 7.49. The molecule has 1 amide bonds. The van der Waals surface area contributed by atoms with Crippen molar-refractivity contribution in [2.24, 2.45) is 4.99 Å². The molecule has 2 aromatic carbocycles. The molecule has 1 N–H and O–H groups in total.